The number of carbonyl (C=O) groups excluding carboxylic acids is 1. The van der Waals surface area contributed by atoms with Crippen LogP contribution in [-0.2, 0) is 51.4 Å². The van der Waals surface area contributed by atoms with Gasteiger partial charge in [-0.3, -0.25) is 0 Å². The van der Waals surface area contributed by atoms with Crippen molar-refractivity contribution in [2.45, 2.75) is 39.1 Å². The van der Waals surface area contributed by atoms with Crippen LogP contribution in [0.3, 0.4) is 0 Å². The Balaban J connectivity index is -0.000000407. The van der Waals surface area contributed by atoms with Gasteiger partial charge in [-0.2, -0.15) is 0 Å². The molecule has 8 heteroatoms. The van der Waals surface area contributed by atoms with Gasteiger partial charge in [-0.15, -0.1) is 0 Å². The van der Waals surface area contributed by atoms with Gasteiger partial charge in [-0.1, -0.05) is 36.8 Å². The van der Waals surface area contributed by atoms with E-state index in [1.807, 2.05) is 31.0 Å². The molecule has 1 rings (SSSR count). The predicted octanol–water partition coefficient (Wildman–Crippen LogP) is 3.93. The Morgan fingerprint density at radius 2 is 1.62 bits per heavy atom. The van der Waals surface area contributed by atoms with Crippen molar-refractivity contribution in [3.63, 3.8) is 0 Å². The average molecular weight is 456 g/mol. The fourth-order valence-electron chi connectivity index (χ4n) is 1.75. The zero-order chi connectivity index (χ0) is 22.4. The second-order valence-electron chi connectivity index (χ2n) is 5.97. The van der Waals surface area contributed by atoms with E-state index in [9.17, 15) is 4.79 Å². The zero-order valence-electron chi connectivity index (χ0n) is 16.8. The minimum absolute atomic E-state index is 0. The smallest absolute Gasteiger partial charge is 2.00 e. The topological polar surface area (TPSA) is 95.2 Å². The molecule has 0 aliphatic rings. The second-order valence-corrected chi connectivity index (χ2v) is 10.4. The van der Waals surface area contributed by atoms with E-state index in [0.717, 1.165) is 12.2 Å². The van der Waals surface area contributed by atoms with Crippen molar-refractivity contribution in [2.24, 2.45) is 0 Å². The van der Waals surface area contributed by atoms with Crippen molar-refractivity contribution in [1.82, 2.24) is 0 Å². The maximum atomic E-state index is 10.1. The summed E-state index contributed by atoms with van der Waals surface area (Å²) in [7, 11) is -1.68. The molecule has 0 N–H and O–H groups in total. The van der Waals surface area contributed by atoms with Gasteiger partial charge in [0.05, 0.1) is 11.9 Å². The molecule has 0 spiro atoms. The van der Waals surface area contributed by atoms with Crippen molar-refractivity contribution in [3.8, 4) is 0 Å². The Bertz CT molecular complexity index is 576. The number of allylic oxidation sites excluding steroid dienone is 2. The van der Waals surface area contributed by atoms with Gasteiger partial charge >= 0.3 is 51.0 Å². The molecule has 0 fully saturated rings. The number of rotatable bonds is 10. The SMILES string of the molecule is CC([CH][CH][CH]/C(=C\Cc1ccccc1)O[Si](C)(C)C)O[C-]=O.[C-]#[O+].[C-]#[O+].[C-]#[O+].[Fe+2]. The van der Waals surface area contributed by atoms with E-state index in [2.05, 4.69) is 62.5 Å². The molecule has 1 unspecified atom stereocenters. The van der Waals surface area contributed by atoms with Crippen LogP contribution < -0.4 is 0 Å². The second kappa shape index (κ2) is 24.2. The van der Waals surface area contributed by atoms with Crippen molar-refractivity contribution < 1.29 is 45.0 Å². The van der Waals surface area contributed by atoms with Crippen molar-refractivity contribution in [1.29, 1.82) is 0 Å². The molecule has 0 saturated heterocycles. The van der Waals surface area contributed by atoms with Gasteiger partial charge in [-0.25, -0.2) is 0 Å². The summed E-state index contributed by atoms with van der Waals surface area (Å²) in [6.07, 6.45) is 8.14. The minimum Gasteiger partial charge on any atom is 2.00 e. The molecule has 0 aliphatic carbocycles. The van der Waals surface area contributed by atoms with E-state index in [1.165, 1.54) is 12.0 Å². The van der Waals surface area contributed by atoms with E-state index < -0.39 is 8.32 Å². The van der Waals surface area contributed by atoms with E-state index in [4.69, 9.17) is 18.4 Å². The molecule has 3 radical (unpaired) electrons. The molecule has 1 aromatic carbocycles. The first-order valence-electron chi connectivity index (χ1n) is 7.99. The van der Waals surface area contributed by atoms with Crippen LogP contribution in [0.4, 0.5) is 0 Å². The largest absolute Gasteiger partial charge is 2.00 e. The maximum absolute atomic E-state index is 10.1. The Morgan fingerprint density at radius 1 is 1.10 bits per heavy atom. The maximum Gasteiger partial charge on any atom is 2.00 e. The van der Waals surface area contributed by atoms with Crippen LogP contribution in [0.5, 0.6) is 0 Å². The number of benzene rings is 1. The van der Waals surface area contributed by atoms with E-state index in [-0.39, 0.29) is 23.2 Å². The van der Waals surface area contributed by atoms with E-state index >= 15 is 0 Å². The molecule has 0 heterocycles. The minimum atomic E-state index is -1.68. The quantitative estimate of drug-likeness (QED) is 0.231. The fourth-order valence-corrected chi connectivity index (χ4v) is 2.61. The van der Waals surface area contributed by atoms with Gasteiger partial charge in [0.25, 0.3) is 0 Å². The Kier molecular flexibility index (Phi) is 29.0. The van der Waals surface area contributed by atoms with Gasteiger partial charge in [-0.05, 0) is 51.0 Å². The number of hydrogen-bond acceptors (Lipinski definition) is 3. The Hall–Kier alpha value is -1.81. The van der Waals surface area contributed by atoms with Crippen LogP contribution in [0.1, 0.15) is 12.5 Å². The predicted molar refractivity (Wildman–Crippen MR) is 104 cm³/mol. The van der Waals surface area contributed by atoms with Gasteiger partial charge in [0.15, 0.2) is 0 Å². The third-order valence-corrected chi connectivity index (χ3v) is 3.53. The van der Waals surface area contributed by atoms with Crippen LogP contribution >= 0.6 is 0 Å². The summed E-state index contributed by atoms with van der Waals surface area (Å²) in [5.74, 6) is 0.849. The summed E-state index contributed by atoms with van der Waals surface area (Å²) in [5, 5.41) is 0. The first-order valence-corrected chi connectivity index (χ1v) is 11.4. The van der Waals surface area contributed by atoms with E-state index in [1.54, 1.807) is 13.3 Å². The molecule has 0 aromatic heterocycles. The molecule has 6 nitrogen and oxygen atoms in total. The van der Waals surface area contributed by atoms with Crippen molar-refractivity contribution in [3.05, 3.63) is 86.9 Å². The van der Waals surface area contributed by atoms with E-state index in [0.29, 0.717) is 0 Å². The van der Waals surface area contributed by atoms with Gasteiger partial charge in [0.1, 0.15) is 0 Å². The fraction of sp³-hybridized carbons (Fsp3) is 0.286. The van der Waals surface area contributed by atoms with Crippen LogP contribution in [0.2, 0.25) is 19.6 Å². The first-order chi connectivity index (χ1) is 13.4. The molecule has 29 heavy (non-hydrogen) atoms. The standard InChI is InChI=1S/C18H24O3Si.3CO.Fe/c1-16(20-15-19)9-8-12-18(21-22(2,3)4)14-13-17-10-6-5-7-11-17;3*1-2;/h5-12,14,16H,13H2,1-4H3;;;;/q-1;;;;+2/b18-14+;;;;. The zero-order valence-corrected chi connectivity index (χ0v) is 18.9. The van der Waals surface area contributed by atoms with Crippen LogP contribution in [0, 0.1) is 39.2 Å². The Labute approximate surface area is 185 Å². The molecule has 0 amide bonds. The summed E-state index contributed by atoms with van der Waals surface area (Å²) in [6.45, 7) is 23.2. The summed E-state index contributed by atoms with van der Waals surface area (Å²) in [4.78, 5) is 10.1. The normalized spacial score (nSPS) is 10.5. The third-order valence-electron chi connectivity index (χ3n) is 2.68. The van der Waals surface area contributed by atoms with Gasteiger partial charge in [0.2, 0.25) is 8.32 Å². The number of ether oxygens (including phenoxy) is 1. The summed E-state index contributed by atoms with van der Waals surface area (Å²) in [5.41, 5.74) is 1.24. The molecule has 0 saturated carbocycles. The summed E-state index contributed by atoms with van der Waals surface area (Å²) >= 11 is 0. The van der Waals surface area contributed by atoms with Crippen molar-refractivity contribution in [2.75, 3.05) is 0 Å². The monoisotopic (exact) mass is 456 g/mol. The van der Waals surface area contributed by atoms with Gasteiger partial charge in [0, 0.05) is 12.8 Å². The third kappa shape index (κ3) is 24.1. The Morgan fingerprint density at radius 3 is 2.07 bits per heavy atom. The van der Waals surface area contributed by atoms with Crippen LogP contribution in [0.25, 0.3) is 0 Å². The first kappa shape index (κ1) is 34.7. The summed E-state index contributed by atoms with van der Waals surface area (Å²) < 4.78 is 33.3. The molecule has 0 bridgehead atoms. The van der Waals surface area contributed by atoms with Gasteiger partial charge < -0.3 is 14.0 Å². The van der Waals surface area contributed by atoms with Crippen LogP contribution in [0.15, 0.2) is 42.2 Å². The molecule has 155 valence electrons. The van der Waals surface area contributed by atoms with Crippen LogP contribution in [-0.4, -0.2) is 20.9 Å². The average Bonchev–Trinajstić information content (AvgIpc) is 2.70. The van der Waals surface area contributed by atoms with Crippen molar-refractivity contribution >= 4 is 14.8 Å². The molecular weight excluding hydrogens is 432 g/mol. The number of hydrogen-bond donors (Lipinski definition) is 0. The molecule has 1 aromatic rings. The summed E-state index contributed by atoms with van der Waals surface area (Å²) in [6, 6.07) is 10.2. The molecular formula is C21H24FeO6Si+. The molecule has 1 atom stereocenters. The molecule has 0 aliphatic heterocycles.